The molecule has 0 saturated heterocycles. The van der Waals surface area contributed by atoms with Crippen molar-refractivity contribution in [2.24, 2.45) is 5.10 Å². The number of carbonyl (C=O) groups excluding carboxylic acids is 1. The summed E-state index contributed by atoms with van der Waals surface area (Å²) in [4.78, 5) is 12.1. The normalized spacial score (nSPS) is 11.2. The first kappa shape index (κ1) is 22.5. The molecule has 1 aromatic heterocycles. The Labute approximate surface area is 191 Å². The van der Waals surface area contributed by atoms with Gasteiger partial charge in [-0.3, -0.25) is 4.79 Å². The third-order valence-corrected chi connectivity index (χ3v) is 6.03. The van der Waals surface area contributed by atoms with Crippen molar-refractivity contribution >= 4 is 47.1 Å². The number of hydrogen-bond donors (Lipinski definition) is 1. The van der Waals surface area contributed by atoms with Gasteiger partial charge >= 0.3 is 0 Å². The van der Waals surface area contributed by atoms with Crippen molar-refractivity contribution in [1.82, 2.24) is 9.99 Å². The molecule has 1 amide bonds. The summed E-state index contributed by atoms with van der Waals surface area (Å²) in [6.45, 7) is 6.05. The van der Waals surface area contributed by atoms with Crippen LogP contribution in [0.15, 0.2) is 53.6 Å². The summed E-state index contributed by atoms with van der Waals surface area (Å²) in [5.74, 6) is 1.02. The molecule has 2 aromatic carbocycles. The molecule has 0 aliphatic carbocycles. The number of nitrogens with zero attached hydrogens (tertiary/aromatic N) is 2. The topological polar surface area (TPSA) is 46.4 Å². The largest absolute Gasteiger partial charge is 0.318 e. The van der Waals surface area contributed by atoms with E-state index in [0.29, 0.717) is 15.8 Å². The third kappa shape index (κ3) is 5.91. The van der Waals surface area contributed by atoms with Gasteiger partial charge in [-0.25, -0.2) is 5.43 Å². The summed E-state index contributed by atoms with van der Waals surface area (Å²) in [5.41, 5.74) is 8.84. The average molecular weight is 460 g/mol. The fraction of sp³-hybridized carbons (Fsp3) is 0.217. The van der Waals surface area contributed by atoms with E-state index in [1.54, 1.807) is 24.0 Å². The van der Waals surface area contributed by atoms with E-state index in [0.717, 1.165) is 28.4 Å². The average Bonchev–Trinajstić information content (AvgIpc) is 2.96. The molecule has 1 N–H and O–H groups in total. The molecule has 3 rings (SSSR count). The lowest BCUT2D eigenvalue weighted by Gasteiger charge is -2.10. The Kier molecular flexibility index (Phi) is 7.64. The van der Waals surface area contributed by atoms with Crippen molar-refractivity contribution in [2.75, 3.05) is 5.75 Å². The predicted octanol–water partition coefficient (Wildman–Crippen LogP) is 6.09. The first-order valence-electron chi connectivity index (χ1n) is 9.44. The van der Waals surface area contributed by atoms with E-state index in [-0.39, 0.29) is 5.91 Å². The van der Waals surface area contributed by atoms with Crippen LogP contribution < -0.4 is 5.43 Å². The number of halogens is 2. The summed E-state index contributed by atoms with van der Waals surface area (Å²) >= 11 is 13.8. The van der Waals surface area contributed by atoms with Gasteiger partial charge in [0, 0.05) is 38.4 Å². The van der Waals surface area contributed by atoms with Crippen LogP contribution in [-0.4, -0.2) is 22.4 Å². The minimum atomic E-state index is -0.126. The first-order valence-corrected chi connectivity index (χ1v) is 11.3. The molecule has 0 atom stereocenters. The van der Waals surface area contributed by atoms with E-state index >= 15 is 0 Å². The van der Waals surface area contributed by atoms with Crippen LogP contribution in [0.2, 0.25) is 10.0 Å². The van der Waals surface area contributed by atoms with Gasteiger partial charge in [0.15, 0.2) is 0 Å². The molecule has 0 unspecified atom stereocenters. The van der Waals surface area contributed by atoms with Crippen LogP contribution in [0.1, 0.15) is 28.1 Å². The fourth-order valence-electron chi connectivity index (χ4n) is 3.14. The molecule has 0 saturated carbocycles. The number of benzene rings is 2. The van der Waals surface area contributed by atoms with Gasteiger partial charge in [-0.15, -0.1) is 11.8 Å². The highest BCUT2D eigenvalue weighted by molar-refractivity contribution is 7.99. The predicted molar refractivity (Wildman–Crippen MR) is 128 cm³/mol. The van der Waals surface area contributed by atoms with Crippen molar-refractivity contribution in [3.05, 3.63) is 86.7 Å². The van der Waals surface area contributed by atoms with Crippen molar-refractivity contribution in [3.63, 3.8) is 0 Å². The molecule has 3 aromatic rings. The molecule has 7 heteroatoms. The maximum Gasteiger partial charge on any atom is 0.250 e. The van der Waals surface area contributed by atoms with Crippen LogP contribution in [-0.2, 0) is 10.5 Å². The maximum absolute atomic E-state index is 12.1. The minimum Gasteiger partial charge on any atom is -0.318 e. The van der Waals surface area contributed by atoms with Gasteiger partial charge in [0.1, 0.15) is 0 Å². The first-order chi connectivity index (χ1) is 14.3. The Hall–Kier alpha value is -2.21. The van der Waals surface area contributed by atoms with Crippen LogP contribution in [0.4, 0.5) is 0 Å². The molecule has 30 heavy (non-hydrogen) atoms. The number of aromatic nitrogens is 1. The minimum absolute atomic E-state index is 0.126. The van der Waals surface area contributed by atoms with Crippen LogP contribution >= 0.6 is 35.0 Å². The number of aryl methyl sites for hydroxylation is 2. The Bertz CT molecular complexity index is 1050. The van der Waals surface area contributed by atoms with E-state index < -0.39 is 0 Å². The zero-order chi connectivity index (χ0) is 21.7. The van der Waals surface area contributed by atoms with Crippen LogP contribution in [0.5, 0.6) is 0 Å². The number of carbonyl (C=O) groups is 1. The zero-order valence-corrected chi connectivity index (χ0v) is 19.4. The summed E-state index contributed by atoms with van der Waals surface area (Å²) < 4.78 is 2.05. The number of hydrazone groups is 1. The number of hydrogen-bond acceptors (Lipinski definition) is 3. The summed E-state index contributed by atoms with van der Waals surface area (Å²) in [5, 5.41) is 5.28. The van der Waals surface area contributed by atoms with Gasteiger partial charge in [-0.05, 0) is 50.6 Å². The monoisotopic (exact) mass is 459 g/mol. The Morgan fingerprint density at radius 3 is 2.40 bits per heavy atom. The summed E-state index contributed by atoms with van der Waals surface area (Å²) in [6.07, 6.45) is 1.66. The molecular weight excluding hydrogens is 437 g/mol. The Morgan fingerprint density at radius 2 is 1.73 bits per heavy atom. The molecule has 0 radical (unpaired) electrons. The van der Waals surface area contributed by atoms with Gasteiger partial charge < -0.3 is 4.57 Å². The van der Waals surface area contributed by atoms with E-state index in [9.17, 15) is 4.79 Å². The van der Waals surface area contributed by atoms with Crippen molar-refractivity contribution in [2.45, 2.75) is 26.5 Å². The molecule has 4 nitrogen and oxygen atoms in total. The Balaban J connectivity index is 1.58. The maximum atomic E-state index is 12.1. The standard InChI is InChI=1S/C23H23Cl2N3OS/c1-15-4-6-18(7-5-15)13-30-14-23(29)27-26-12-19-8-16(2)28(17(19)3)22-10-20(24)9-21(25)11-22/h4-12H,13-14H2,1-3H3,(H,27,29). The molecule has 0 fully saturated rings. The quantitative estimate of drug-likeness (QED) is 0.343. The van der Waals surface area contributed by atoms with Gasteiger partial charge in [0.25, 0.3) is 0 Å². The van der Waals surface area contributed by atoms with Crippen molar-refractivity contribution in [1.29, 1.82) is 0 Å². The number of rotatable bonds is 7. The second-order valence-electron chi connectivity index (χ2n) is 7.06. The molecule has 156 valence electrons. The van der Waals surface area contributed by atoms with E-state index in [2.05, 4.69) is 46.3 Å². The smallest absolute Gasteiger partial charge is 0.250 e. The van der Waals surface area contributed by atoms with Crippen LogP contribution in [0, 0.1) is 20.8 Å². The van der Waals surface area contributed by atoms with Gasteiger partial charge in [0.2, 0.25) is 5.91 Å². The van der Waals surface area contributed by atoms with Gasteiger partial charge in [-0.2, -0.15) is 5.10 Å². The molecule has 0 bridgehead atoms. The van der Waals surface area contributed by atoms with Crippen molar-refractivity contribution < 1.29 is 4.79 Å². The van der Waals surface area contributed by atoms with E-state index in [1.807, 2.05) is 32.0 Å². The second-order valence-corrected chi connectivity index (χ2v) is 8.92. The van der Waals surface area contributed by atoms with Gasteiger partial charge in [-0.1, -0.05) is 53.0 Å². The van der Waals surface area contributed by atoms with Crippen LogP contribution in [0.3, 0.4) is 0 Å². The lowest BCUT2D eigenvalue weighted by Crippen LogP contribution is -2.19. The lowest BCUT2D eigenvalue weighted by atomic mass is 10.2. The molecule has 0 aliphatic heterocycles. The highest BCUT2D eigenvalue weighted by atomic mass is 35.5. The SMILES string of the molecule is Cc1ccc(CSCC(=O)NN=Cc2cc(C)n(-c3cc(Cl)cc(Cl)c3)c2C)cc1. The summed E-state index contributed by atoms with van der Waals surface area (Å²) in [6, 6.07) is 15.8. The van der Waals surface area contributed by atoms with Crippen molar-refractivity contribution in [3.8, 4) is 5.69 Å². The zero-order valence-electron chi connectivity index (χ0n) is 17.1. The van der Waals surface area contributed by atoms with Crippen LogP contribution in [0.25, 0.3) is 5.69 Å². The van der Waals surface area contributed by atoms with E-state index in [4.69, 9.17) is 23.2 Å². The highest BCUT2D eigenvalue weighted by Crippen LogP contribution is 2.26. The highest BCUT2D eigenvalue weighted by Gasteiger charge is 2.11. The number of nitrogens with one attached hydrogen (secondary N) is 1. The molecule has 0 aliphatic rings. The Morgan fingerprint density at radius 1 is 1.07 bits per heavy atom. The summed E-state index contributed by atoms with van der Waals surface area (Å²) in [7, 11) is 0. The molecule has 1 heterocycles. The number of amides is 1. The molecular formula is C23H23Cl2N3OS. The second kappa shape index (κ2) is 10.2. The van der Waals surface area contributed by atoms with Gasteiger partial charge in [0.05, 0.1) is 12.0 Å². The molecule has 0 spiro atoms. The fourth-order valence-corrected chi connectivity index (χ4v) is 4.43. The number of thioether (sulfide) groups is 1. The third-order valence-electron chi connectivity index (χ3n) is 4.59. The lowest BCUT2D eigenvalue weighted by molar-refractivity contribution is -0.118. The van der Waals surface area contributed by atoms with E-state index in [1.165, 1.54) is 11.1 Å².